The third-order valence-corrected chi connectivity index (χ3v) is 2.43. The molecule has 0 radical (unpaired) electrons. The highest BCUT2D eigenvalue weighted by Crippen LogP contribution is 2.16. The van der Waals surface area contributed by atoms with E-state index < -0.39 is 0 Å². The molecule has 0 unspecified atom stereocenters. The number of hydrogen-bond acceptors (Lipinski definition) is 1. The quantitative estimate of drug-likeness (QED) is 0.674. The van der Waals surface area contributed by atoms with Crippen LogP contribution < -0.4 is 4.57 Å². The molecule has 0 spiro atoms. The molecule has 0 atom stereocenters. The minimum atomic E-state index is 0.946. The van der Waals surface area contributed by atoms with Crippen molar-refractivity contribution < 1.29 is 4.57 Å². The Morgan fingerprint density at radius 3 is 2.93 bits per heavy atom. The Bertz CT molecular complexity index is 497. The maximum absolute atomic E-state index is 4.12. The second-order valence-corrected chi connectivity index (χ2v) is 3.62. The second-order valence-electron chi connectivity index (χ2n) is 3.62. The summed E-state index contributed by atoms with van der Waals surface area (Å²) in [5, 5.41) is 0. The van der Waals surface area contributed by atoms with E-state index >= 15 is 0 Å². The Labute approximate surface area is 89.3 Å². The van der Waals surface area contributed by atoms with Gasteiger partial charge in [-0.05, 0) is 18.6 Å². The number of aromatic nitrogens is 3. The topological polar surface area (TPSA) is 21.7 Å². The molecule has 0 amide bonds. The van der Waals surface area contributed by atoms with Crippen molar-refractivity contribution in [3.63, 3.8) is 0 Å². The van der Waals surface area contributed by atoms with Gasteiger partial charge in [0.1, 0.15) is 18.1 Å². The lowest BCUT2D eigenvalue weighted by Crippen LogP contribution is -2.23. The summed E-state index contributed by atoms with van der Waals surface area (Å²) in [6.45, 7) is 6.14. The number of aryl methyl sites for hydroxylation is 2. The number of rotatable bonds is 2. The van der Waals surface area contributed by atoms with Crippen LogP contribution in [0.5, 0.6) is 0 Å². The fourth-order valence-electron chi connectivity index (χ4n) is 1.52. The molecule has 0 bridgehead atoms. The van der Waals surface area contributed by atoms with Crippen molar-refractivity contribution in [3.8, 4) is 0 Å². The summed E-state index contributed by atoms with van der Waals surface area (Å²) in [5.41, 5.74) is 3.21. The predicted octanol–water partition coefficient (Wildman–Crippen LogP) is 1.54. The first kappa shape index (κ1) is 9.65. The smallest absolute Gasteiger partial charge is 0.248 e. The Morgan fingerprint density at radius 2 is 2.33 bits per heavy atom. The maximum Gasteiger partial charge on any atom is 0.248 e. The van der Waals surface area contributed by atoms with E-state index in [4.69, 9.17) is 0 Å². The van der Waals surface area contributed by atoms with E-state index in [1.54, 1.807) is 6.20 Å². The van der Waals surface area contributed by atoms with E-state index in [2.05, 4.69) is 18.5 Å². The molecule has 0 N–H and O–H groups in total. The van der Waals surface area contributed by atoms with Crippen LogP contribution in [0.2, 0.25) is 0 Å². The normalized spacial score (nSPS) is 10.3. The number of hydrogen-bond donors (Lipinski definition) is 0. The molecule has 0 fully saturated rings. The fourth-order valence-corrected chi connectivity index (χ4v) is 1.52. The van der Waals surface area contributed by atoms with E-state index in [-0.39, 0.29) is 0 Å². The average molecular weight is 200 g/mol. The standard InChI is InChI=1S/C12H14N3/c1-10-4-5-13-8-12(10)11(2)15-7-6-14(3)9-15/h4-9H,2H2,1,3H3/q+1. The van der Waals surface area contributed by atoms with Crippen molar-refractivity contribution in [3.05, 3.63) is 54.9 Å². The lowest BCUT2D eigenvalue weighted by atomic mass is 10.1. The van der Waals surface area contributed by atoms with Crippen LogP contribution in [0.4, 0.5) is 0 Å². The summed E-state index contributed by atoms with van der Waals surface area (Å²) < 4.78 is 3.97. The zero-order valence-corrected chi connectivity index (χ0v) is 9.01. The van der Waals surface area contributed by atoms with Gasteiger partial charge in [0.25, 0.3) is 0 Å². The van der Waals surface area contributed by atoms with Gasteiger partial charge in [-0.15, -0.1) is 0 Å². The lowest BCUT2D eigenvalue weighted by Gasteiger charge is -2.03. The minimum Gasteiger partial charge on any atom is -0.264 e. The van der Waals surface area contributed by atoms with Crippen molar-refractivity contribution in [1.29, 1.82) is 0 Å². The van der Waals surface area contributed by atoms with Gasteiger partial charge >= 0.3 is 0 Å². The molecule has 15 heavy (non-hydrogen) atoms. The van der Waals surface area contributed by atoms with Gasteiger partial charge in [-0.25, -0.2) is 9.13 Å². The average Bonchev–Trinajstić information content (AvgIpc) is 2.65. The Balaban J connectivity index is 2.41. The molecule has 2 heterocycles. The van der Waals surface area contributed by atoms with Crippen LogP contribution in [0.3, 0.4) is 0 Å². The zero-order valence-electron chi connectivity index (χ0n) is 9.01. The molecule has 2 aromatic heterocycles. The molecule has 0 aromatic carbocycles. The highest BCUT2D eigenvalue weighted by Gasteiger charge is 2.10. The van der Waals surface area contributed by atoms with Gasteiger partial charge < -0.3 is 0 Å². The van der Waals surface area contributed by atoms with Crippen LogP contribution in [0.1, 0.15) is 11.1 Å². The lowest BCUT2D eigenvalue weighted by molar-refractivity contribution is -0.670. The van der Waals surface area contributed by atoms with Gasteiger partial charge in [-0.3, -0.25) is 4.98 Å². The molecule has 3 nitrogen and oxygen atoms in total. The van der Waals surface area contributed by atoms with Crippen molar-refractivity contribution in [2.45, 2.75) is 6.92 Å². The van der Waals surface area contributed by atoms with Crippen molar-refractivity contribution in [2.24, 2.45) is 7.05 Å². The van der Waals surface area contributed by atoms with Crippen LogP contribution in [0, 0.1) is 6.92 Å². The highest BCUT2D eigenvalue weighted by molar-refractivity contribution is 5.65. The summed E-state index contributed by atoms with van der Waals surface area (Å²) >= 11 is 0. The van der Waals surface area contributed by atoms with Gasteiger partial charge in [0.15, 0.2) is 0 Å². The van der Waals surface area contributed by atoms with Crippen molar-refractivity contribution in [1.82, 2.24) is 9.55 Å². The highest BCUT2D eigenvalue weighted by atomic mass is 15.1. The van der Waals surface area contributed by atoms with Crippen molar-refractivity contribution in [2.75, 3.05) is 0 Å². The van der Waals surface area contributed by atoms with Gasteiger partial charge in [-0.2, -0.15) is 0 Å². The Morgan fingerprint density at radius 1 is 1.53 bits per heavy atom. The molecule has 2 rings (SSSR count). The largest absolute Gasteiger partial charge is 0.264 e. The summed E-state index contributed by atoms with van der Waals surface area (Å²) in [5.74, 6) is 0. The van der Waals surface area contributed by atoms with Gasteiger partial charge in [0, 0.05) is 18.0 Å². The third kappa shape index (κ3) is 1.81. The van der Waals surface area contributed by atoms with E-state index in [1.165, 1.54) is 5.56 Å². The number of nitrogens with zero attached hydrogens (tertiary/aromatic N) is 3. The summed E-state index contributed by atoms with van der Waals surface area (Å²) in [7, 11) is 1.99. The van der Waals surface area contributed by atoms with Crippen LogP contribution >= 0.6 is 0 Å². The first-order valence-corrected chi connectivity index (χ1v) is 4.82. The molecule has 0 aliphatic carbocycles. The first-order valence-electron chi connectivity index (χ1n) is 4.82. The molecule has 0 aliphatic rings. The van der Waals surface area contributed by atoms with Crippen LogP contribution in [-0.2, 0) is 7.05 Å². The molecule has 0 aliphatic heterocycles. The van der Waals surface area contributed by atoms with E-state index in [0.717, 1.165) is 11.3 Å². The molecular weight excluding hydrogens is 186 g/mol. The zero-order chi connectivity index (χ0) is 10.8. The van der Waals surface area contributed by atoms with Crippen LogP contribution in [0.25, 0.3) is 5.70 Å². The Kier molecular flexibility index (Phi) is 2.37. The fraction of sp³-hybridized carbons (Fsp3) is 0.167. The van der Waals surface area contributed by atoms with E-state index in [0.29, 0.717) is 0 Å². The summed E-state index contributed by atoms with van der Waals surface area (Å²) in [4.78, 5) is 4.12. The Hall–Kier alpha value is -1.90. The molecule has 3 heteroatoms. The maximum atomic E-state index is 4.12. The van der Waals surface area contributed by atoms with Crippen molar-refractivity contribution >= 4 is 5.70 Å². The third-order valence-electron chi connectivity index (χ3n) is 2.43. The molecule has 0 saturated heterocycles. The molecular formula is C12H14N3+. The summed E-state index contributed by atoms with van der Waals surface area (Å²) in [6, 6.07) is 1.99. The number of pyridine rings is 1. The van der Waals surface area contributed by atoms with Gasteiger partial charge in [-0.1, -0.05) is 6.58 Å². The predicted molar refractivity (Wildman–Crippen MR) is 59.0 cm³/mol. The molecule has 0 saturated carbocycles. The molecule has 2 aromatic rings. The minimum absolute atomic E-state index is 0.946. The first-order chi connectivity index (χ1) is 7.18. The van der Waals surface area contributed by atoms with Gasteiger partial charge in [0.05, 0.1) is 7.05 Å². The monoisotopic (exact) mass is 200 g/mol. The van der Waals surface area contributed by atoms with Gasteiger partial charge in [0.2, 0.25) is 6.33 Å². The molecule has 76 valence electrons. The van der Waals surface area contributed by atoms with E-state index in [9.17, 15) is 0 Å². The SMILES string of the molecule is C=C(c1cnccc1C)n1cc[n+](C)c1. The summed E-state index contributed by atoms with van der Waals surface area (Å²) in [6.07, 6.45) is 9.58. The van der Waals surface area contributed by atoms with Crippen LogP contribution in [-0.4, -0.2) is 9.55 Å². The van der Waals surface area contributed by atoms with Crippen LogP contribution in [0.15, 0.2) is 43.8 Å². The van der Waals surface area contributed by atoms with E-state index in [1.807, 2.05) is 47.2 Å². The second kappa shape index (κ2) is 3.69. The number of imidazole rings is 1.